The molecule has 1 aliphatic rings. The Balaban J connectivity index is 2.82. The molecule has 3 atom stereocenters. The Hall–Kier alpha value is -0.130. The van der Waals surface area contributed by atoms with Crippen molar-refractivity contribution in [2.24, 2.45) is 5.92 Å². The van der Waals surface area contributed by atoms with Crippen molar-refractivity contribution in [2.75, 3.05) is 20.1 Å². The maximum absolute atomic E-state index is 12.3. The summed E-state index contributed by atoms with van der Waals surface area (Å²) in [5.41, 5.74) is 0. The third-order valence-electron chi connectivity index (χ3n) is 3.64. The van der Waals surface area contributed by atoms with Crippen LogP contribution in [0.15, 0.2) is 0 Å². The maximum Gasteiger partial charge on any atom is 0.218 e. The zero-order chi connectivity index (χ0) is 12.3. The Labute approximate surface area is 99.5 Å². The second-order valence-corrected chi connectivity index (χ2v) is 7.19. The second-order valence-electron chi connectivity index (χ2n) is 4.88. The fourth-order valence-corrected chi connectivity index (χ4v) is 4.18. The molecule has 0 saturated carbocycles. The summed E-state index contributed by atoms with van der Waals surface area (Å²) in [6, 6.07) is 0.137. The summed E-state index contributed by atoms with van der Waals surface area (Å²) in [5.74, 6) is 0.463. The highest BCUT2D eigenvalue weighted by Crippen LogP contribution is 2.26. The number of sulfonamides is 1. The lowest BCUT2D eigenvalue weighted by molar-refractivity contribution is 0.200. The van der Waals surface area contributed by atoms with E-state index in [2.05, 4.69) is 12.2 Å². The quantitative estimate of drug-likeness (QED) is 0.809. The molecule has 96 valence electrons. The highest BCUT2D eigenvalue weighted by atomic mass is 32.2. The molecule has 0 bridgehead atoms. The highest BCUT2D eigenvalue weighted by molar-refractivity contribution is 7.89. The minimum atomic E-state index is -3.14. The van der Waals surface area contributed by atoms with Gasteiger partial charge in [-0.1, -0.05) is 6.92 Å². The third kappa shape index (κ3) is 2.76. The Kier molecular flexibility index (Phi) is 4.76. The first kappa shape index (κ1) is 13.9. The smallest absolute Gasteiger partial charge is 0.218 e. The van der Waals surface area contributed by atoms with E-state index in [1.165, 1.54) is 0 Å². The van der Waals surface area contributed by atoms with Gasteiger partial charge in [-0.15, -0.1) is 0 Å². The molecule has 0 aromatic carbocycles. The van der Waals surface area contributed by atoms with Gasteiger partial charge in [0.25, 0.3) is 0 Å². The summed E-state index contributed by atoms with van der Waals surface area (Å²) >= 11 is 0. The Morgan fingerprint density at radius 3 is 2.62 bits per heavy atom. The molecular weight excluding hydrogens is 224 g/mol. The molecule has 0 amide bonds. The number of hydrogen-bond acceptors (Lipinski definition) is 3. The summed E-state index contributed by atoms with van der Waals surface area (Å²) in [6.07, 6.45) is 2.12. The number of nitrogens with one attached hydrogen (secondary N) is 1. The number of hydrogen-bond donors (Lipinski definition) is 1. The Bertz CT molecular complexity index is 316. The van der Waals surface area contributed by atoms with E-state index in [9.17, 15) is 8.42 Å². The largest absolute Gasteiger partial charge is 0.318 e. The van der Waals surface area contributed by atoms with Gasteiger partial charge in [0.15, 0.2) is 0 Å². The van der Waals surface area contributed by atoms with Crippen LogP contribution in [0.1, 0.15) is 33.6 Å². The minimum Gasteiger partial charge on any atom is -0.318 e. The molecule has 0 aromatic heterocycles. The van der Waals surface area contributed by atoms with Crippen LogP contribution in [0.25, 0.3) is 0 Å². The first-order chi connectivity index (χ1) is 7.41. The third-order valence-corrected chi connectivity index (χ3v) is 6.00. The lowest BCUT2D eigenvalue weighted by Gasteiger charge is -2.38. The van der Waals surface area contributed by atoms with Gasteiger partial charge >= 0.3 is 0 Å². The first-order valence-corrected chi connectivity index (χ1v) is 7.56. The lowest BCUT2D eigenvalue weighted by atomic mass is 9.94. The maximum atomic E-state index is 12.3. The molecule has 0 spiro atoms. The Morgan fingerprint density at radius 1 is 1.44 bits per heavy atom. The zero-order valence-electron chi connectivity index (χ0n) is 10.7. The molecule has 0 aliphatic carbocycles. The van der Waals surface area contributed by atoms with Crippen molar-refractivity contribution in [2.45, 2.75) is 44.9 Å². The summed E-state index contributed by atoms with van der Waals surface area (Å²) in [5, 5.41) is 2.59. The van der Waals surface area contributed by atoms with Crippen LogP contribution in [0.5, 0.6) is 0 Å². The van der Waals surface area contributed by atoms with E-state index in [1.54, 1.807) is 18.3 Å². The monoisotopic (exact) mass is 248 g/mol. The van der Waals surface area contributed by atoms with E-state index in [1.807, 2.05) is 6.92 Å². The minimum absolute atomic E-state index is 0.137. The number of nitrogens with zero attached hydrogens (tertiary/aromatic N) is 1. The van der Waals surface area contributed by atoms with Crippen LogP contribution in [0, 0.1) is 5.92 Å². The van der Waals surface area contributed by atoms with Gasteiger partial charge in [0, 0.05) is 19.1 Å². The van der Waals surface area contributed by atoms with Crippen LogP contribution >= 0.6 is 0 Å². The number of rotatable bonds is 4. The van der Waals surface area contributed by atoms with Gasteiger partial charge in [0.1, 0.15) is 0 Å². The molecule has 1 N–H and O–H groups in total. The molecule has 4 nitrogen and oxygen atoms in total. The molecule has 0 radical (unpaired) electrons. The van der Waals surface area contributed by atoms with Gasteiger partial charge in [-0.05, 0) is 39.7 Å². The summed E-state index contributed by atoms with van der Waals surface area (Å²) in [6.45, 7) is 7.13. The molecule has 1 heterocycles. The van der Waals surface area contributed by atoms with Crippen molar-refractivity contribution in [1.29, 1.82) is 0 Å². The number of piperidine rings is 1. The standard InChI is InChI=1S/C11H24N2O2S/c1-9-6-5-7-13(11(9)3)16(14,15)10(2)8-12-4/h9-12H,5-8H2,1-4H3. The highest BCUT2D eigenvalue weighted by Gasteiger charge is 2.36. The van der Waals surface area contributed by atoms with Crippen LogP contribution < -0.4 is 5.32 Å². The zero-order valence-corrected chi connectivity index (χ0v) is 11.5. The van der Waals surface area contributed by atoms with E-state index in [0.717, 1.165) is 12.8 Å². The van der Waals surface area contributed by atoms with Crippen LogP contribution in [0.2, 0.25) is 0 Å². The van der Waals surface area contributed by atoms with Crippen LogP contribution in [0.3, 0.4) is 0 Å². The van der Waals surface area contributed by atoms with Crippen molar-refractivity contribution in [3.8, 4) is 0 Å². The fraction of sp³-hybridized carbons (Fsp3) is 1.00. The van der Waals surface area contributed by atoms with E-state index < -0.39 is 10.0 Å². The molecule has 1 fully saturated rings. The molecule has 1 rings (SSSR count). The molecule has 3 unspecified atom stereocenters. The molecule has 1 saturated heterocycles. The Morgan fingerprint density at radius 2 is 2.06 bits per heavy atom. The topological polar surface area (TPSA) is 49.4 Å². The van der Waals surface area contributed by atoms with Gasteiger partial charge in [-0.3, -0.25) is 0 Å². The molecule has 5 heteroatoms. The molecule has 0 aromatic rings. The van der Waals surface area contributed by atoms with Crippen molar-refractivity contribution in [3.63, 3.8) is 0 Å². The van der Waals surface area contributed by atoms with Gasteiger partial charge in [0.05, 0.1) is 5.25 Å². The van der Waals surface area contributed by atoms with Gasteiger partial charge in [-0.25, -0.2) is 8.42 Å². The average Bonchev–Trinajstić information content (AvgIpc) is 2.22. The molecule has 1 aliphatic heterocycles. The van der Waals surface area contributed by atoms with E-state index in [4.69, 9.17) is 0 Å². The molecule has 16 heavy (non-hydrogen) atoms. The van der Waals surface area contributed by atoms with E-state index in [-0.39, 0.29) is 11.3 Å². The van der Waals surface area contributed by atoms with Crippen LogP contribution in [-0.2, 0) is 10.0 Å². The lowest BCUT2D eigenvalue weighted by Crippen LogP contribution is -2.50. The van der Waals surface area contributed by atoms with Gasteiger partial charge in [0.2, 0.25) is 10.0 Å². The first-order valence-electron chi connectivity index (χ1n) is 6.06. The van der Waals surface area contributed by atoms with Crippen LogP contribution in [0.4, 0.5) is 0 Å². The fourth-order valence-electron chi connectivity index (χ4n) is 2.28. The predicted octanol–water partition coefficient (Wildman–Crippen LogP) is 1.04. The van der Waals surface area contributed by atoms with Crippen molar-refractivity contribution in [3.05, 3.63) is 0 Å². The van der Waals surface area contributed by atoms with Crippen LogP contribution in [-0.4, -0.2) is 44.2 Å². The normalized spacial score (nSPS) is 30.2. The summed E-state index contributed by atoms with van der Waals surface area (Å²) in [7, 11) is -1.35. The summed E-state index contributed by atoms with van der Waals surface area (Å²) < 4.78 is 26.3. The van der Waals surface area contributed by atoms with E-state index >= 15 is 0 Å². The summed E-state index contributed by atoms with van der Waals surface area (Å²) in [4.78, 5) is 0. The van der Waals surface area contributed by atoms with Gasteiger partial charge < -0.3 is 5.32 Å². The van der Waals surface area contributed by atoms with Crippen molar-refractivity contribution < 1.29 is 8.42 Å². The van der Waals surface area contributed by atoms with Crippen molar-refractivity contribution in [1.82, 2.24) is 9.62 Å². The van der Waals surface area contributed by atoms with Gasteiger partial charge in [-0.2, -0.15) is 4.31 Å². The molecular formula is C11H24N2O2S. The predicted molar refractivity (Wildman–Crippen MR) is 66.9 cm³/mol. The second kappa shape index (κ2) is 5.47. The average molecular weight is 248 g/mol. The van der Waals surface area contributed by atoms with Crippen molar-refractivity contribution >= 4 is 10.0 Å². The SMILES string of the molecule is CNCC(C)S(=O)(=O)N1CCCC(C)C1C. The van der Waals surface area contributed by atoms with E-state index in [0.29, 0.717) is 19.0 Å².